The number of carbonyl (C=O) groups excluding carboxylic acids is 1. The number of anilines is 1. The number of ether oxygens (including phenoxy) is 1. The molecule has 1 amide bonds. The lowest BCUT2D eigenvalue weighted by Crippen LogP contribution is -2.44. The van der Waals surface area contributed by atoms with Gasteiger partial charge in [-0.1, -0.05) is 6.07 Å². The zero-order valence-electron chi connectivity index (χ0n) is 24.4. The number of aryl methyl sites for hydroxylation is 1. The maximum absolute atomic E-state index is 14.8. The predicted molar refractivity (Wildman–Crippen MR) is 166 cm³/mol. The number of halogens is 2. The molecule has 0 saturated heterocycles. The maximum atomic E-state index is 14.8. The van der Waals surface area contributed by atoms with E-state index in [1.165, 1.54) is 0 Å². The number of hydrogen-bond donors (Lipinski definition) is 2. The first-order valence-corrected chi connectivity index (χ1v) is 16.7. The van der Waals surface area contributed by atoms with Gasteiger partial charge in [0.2, 0.25) is 10.0 Å². The Labute approximate surface area is 254 Å². The van der Waals surface area contributed by atoms with Crippen molar-refractivity contribution < 1.29 is 26.7 Å². The molecule has 2 aromatic carbocycles. The molecule has 0 unspecified atom stereocenters. The number of carbonyl (C=O) groups is 1. The number of fused-ring (bicyclic) bond motifs is 1. The average molecular weight is 629 g/mol. The molecule has 1 aliphatic rings. The molecule has 0 bridgehead atoms. The zero-order chi connectivity index (χ0) is 30.9. The van der Waals surface area contributed by atoms with Crippen LogP contribution in [0.1, 0.15) is 46.5 Å². The highest BCUT2D eigenvalue weighted by Gasteiger charge is 2.32. The number of aromatic nitrogens is 1. The Morgan fingerprint density at radius 2 is 1.77 bits per heavy atom. The summed E-state index contributed by atoms with van der Waals surface area (Å²) in [5, 5.41) is 3.47. The van der Waals surface area contributed by atoms with Crippen molar-refractivity contribution in [3.05, 3.63) is 76.3 Å². The molecule has 1 aliphatic carbocycles. The number of amides is 1. The van der Waals surface area contributed by atoms with Crippen molar-refractivity contribution in [1.82, 2.24) is 15.2 Å². The number of sulfonamides is 1. The van der Waals surface area contributed by atoms with Crippen LogP contribution in [-0.4, -0.2) is 56.7 Å². The van der Waals surface area contributed by atoms with Gasteiger partial charge in [-0.05, 0) is 87.2 Å². The van der Waals surface area contributed by atoms with Gasteiger partial charge in [0.25, 0.3) is 5.91 Å². The average Bonchev–Trinajstić information content (AvgIpc) is 3.35. The lowest BCUT2D eigenvalue weighted by Gasteiger charge is -2.37. The third-order valence-electron chi connectivity index (χ3n) is 7.99. The van der Waals surface area contributed by atoms with Crippen molar-refractivity contribution in [3.63, 3.8) is 0 Å². The SMILES string of the molecule is CN[C@H]1CC[C@H](N(Cc2cc(-c3ccc(NS(C)(=O)=O)nc3)ccc2OC)C(=O)c2sc3c(F)ccc(F)c3c2C)CC1. The summed E-state index contributed by atoms with van der Waals surface area (Å²) in [6.45, 7) is 1.89. The van der Waals surface area contributed by atoms with Gasteiger partial charge in [0.05, 0.1) is 22.9 Å². The van der Waals surface area contributed by atoms with E-state index in [-0.39, 0.29) is 34.4 Å². The summed E-state index contributed by atoms with van der Waals surface area (Å²) in [6.07, 6.45) is 6.00. The normalized spacial score (nSPS) is 17.2. The fourth-order valence-corrected chi connectivity index (χ4v) is 7.41. The van der Waals surface area contributed by atoms with Crippen LogP contribution < -0.4 is 14.8 Å². The molecule has 0 spiro atoms. The second-order valence-corrected chi connectivity index (χ2v) is 13.6. The van der Waals surface area contributed by atoms with Crippen LogP contribution in [0.2, 0.25) is 0 Å². The van der Waals surface area contributed by atoms with Gasteiger partial charge in [-0.15, -0.1) is 11.3 Å². The fourth-order valence-electron chi connectivity index (χ4n) is 5.73. The number of hydrogen-bond acceptors (Lipinski definition) is 7. The minimum absolute atomic E-state index is 0.0761. The molecule has 1 saturated carbocycles. The van der Waals surface area contributed by atoms with E-state index in [9.17, 15) is 22.0 Å². The molecule has 2 heterocycles. The lowest BCUT2D eigenvalue weighted by molar-refractivity contribution is 0.0604. The number of rotatable bonds is 9. The van der Waals surface area contributed by atoms with Gasteiger partial charge in [0.15, 0.2) is 0 Å². The molecule has 5 rings (SSSR count). The van der Waals surface area contributed by atoms with Crippen LogP contribution in [0, 0.1) is 18.6 Å². The molecule has 4 aromatic rings. The standard InChI is InChI=1S/C31H34F2N4O4S2/c1-18-28-24(32)11-12-25(33)30(28)42-29(18)31(38)37(23-9-7-22(34-2)8-10-23)17-21-15-19(5-13-26(21)41-3)20-6-14-27(35-16-20)36-43(4,39)40/h5-6,11-16,22-23,34H,7-10,17H2,1-4H3,(H,35,36)/t22-,23-. The summed E-state index contributed by atoms with van der Waals surface area (Å²) in [7, 11) is 0.0453. The molecule has 2 aromatic heterocycles. The zero-order valence-corrected chi connectivity index (χ0v) is 26.0. The molecule has 8 nitrogen and oxygen atoms in total. The highest BCUT2D eigenvalue weighted by atomic mass is 32.2. The van der Waals surface area contributed by atoms with Crippen LogP contribution in [-0.2, 0) is 16.6 Å². The summed E-state index contributed by atoms with van der Waals surface area (Å²) in [4.78, 5) is 20.7. The highest BCUT2D eigenvalue weighted by Crippen LogP contribution is 2.38. The number of nitrogens with one attached hydrogen (secondary N) is 2. The van der Waals surface area contributed by atoms with E-state index in [4.69, 9.17) is 4.74 Å². The highest BCUT2D eigenvalue weighted by molar-refractivity contribution is 7.92. The van der Waals surface area contributed by atoms with Crippen molar-refractivity contribution in [2.24, 2.45) is 0 Å². The van der Waals surface area contributed by atoms with E-state index in [0.29, 0.717) is 22.2 Å². The number of nitrogens with zero attached hydrogens (tertiary/aromatic N) is 2. The molecule has 0 atom stereocenters. The molecule has 0 aliphatic heterocycles. The van der Waals surface area contributed by atoms with E-state index in [1.54, 1.807) is 32.4 Å². The molecule has 228 valence electrons. The Morgan fingerprint density at radius 1 is 1.07 bits per heavy atom. The molecule has 1 fully saturated rings. The summed E-state index contributed by atoms with van der Waals surface area (Å²) < 4.78 is 60.7. The summed E-state index contributed by atoms with van der Waals surface area (Å²) in [6, 6.07) is 11.4. The van der Waals surface area contributed by atoms with Crippen molar-refractivity contribution in [3.8, 4) is 16.9 Å². The Bertz CT molecular complexity index is 1750. The summed E-state index contributed by atoms with van der Waals surface area (Å²) in [5.74, 6) is -0.563. The first kappa shape index (κ1) is 30.8. The second-order valence-electron chi connectivity index (χ2n) is 10.8. The van der Waals surface area contributed by atoms with E-state index < -0.39 is 21.7 Å². The quantitative estimate of drug-likeness (QED) is 0.232. The molecule has 0 radical (unpaired) electrons. The van der Waals surface area contributed by atoms with Gasteiger partial charge < -0.3 is 15.0 Å². The molecule has 43 heavy (non-hydrogen) atoms. The Kier molecular flexibility index (Phi) is 9.00. The Hall–Kier alpha value is -3.61. The Morgan fingerprint density at radius 3 is 2.37 bits per heavy atom. The number of methoxy groups -OCH3 is 1. The molecule has 12 heteroatoms. The Balaban J connectivity index is 1.52. The predicted octanol–water partition coefficient (Wildman–Crippen LogP) is 6.10. The van der Waals surface area contributed by atoms with Crippen LogP contribution in [0.15, 0.2) is 48.7 Å². The van der Waals surface area contributed by atoms with E-state index in [1.807, 2.05) is 30.1 Å². The minimum Gasteiger partial charge on any atom is -0.496 e. The number of thiophene rings is 1. The van der Waals surface area contributed by atoms with Crippen LogP contribution in [0.4, 0.5) is 14.6 Å². The maximum Gasteiger partial charge on any atom is 0.264 e. The van der Waals surface area contributed by atoms with Crippen LogP contribution in [0.3, 0.4) is 0 Å². The second kappa shape index (κ2) is 12.6. The lowest BCUT2D eigenvalue weighted by atomic mass is 9.89. The van der Waals surface area contributed by atoms with Gasteiger partial charge >= 0.3 is 0 Å². The number of pyridine rings is 1. The smallest absolute Gasteiger partial charge is 0.264 e. The largest absolute Gasteiger partial charge is 0.496 e. The van der Waals surface area contributed by atoms with Crippen LogP contribution >= 0.6 is 11.3 Å². The van der Waals surface area contributed by atoms with Crippen LogP contribution in [0.25, 0.3) is 21.2 Å². The summed E-state index contributed by atoms with van der Waals surface area (Å²) >= 11 is 0.989. The van der Waals surface area contributed by atoms with Gasteiger partial charge in [-0.25, -0.2) is 22.2 Å². The molecule has 2 N–H and O–H groups in total. The van der Waals surface area contributed by atoms with Gasteiger partial charge in [-0.2, -0.15) is 0 Å². The third kappa shape index (κ3) is 6.66. The van der Waals surface area contributed by atoms with E-state index in [2.05, 4.69) is 15.0 Å². The summed E-state index contributed by atoms with van der Waals surface area (Å²) in [5.41, 5.74) is 2.76. The van der Waals surface area contributed by atoms with Crippen molar-refractivity contribution in [2.45, 2.75) is 51.2 Å². The van der Waals surface area contributed by atoms with Crippen molar-refractivity contribution >= 4 is 43.2 Å². The monoisotopic (exact) mass is 628 g/mol. The van der Waals surface area contributed by atoms with Gasteiger partial charge in [0, 0.05) is 41.3 Å². The van der Waals surface area contributed by atoms with Gasteiger partial charge in [0.1, 0.15) is 23.2 Å². The first-order chi connectivity index (χ1) is 20.5. The van der Waals surface area contributed by atoms with E-state index >= 15 is 0 Å². The van der Waals surface area contributed by atoms with Crippen molar-refractivity contribution in [1.29, 1.82) is 0 Å². The van der Waals surface area contributed by atoms with Gasteiger partial charge in [-0.3, -0.25) is 9.52 Å². The molecular formula is C31H34F2N4O4S2. The van der Waals surface area contributed by atoms with E-state index in [0.717, 1.165) is 72.1 Å². The minimum atomic E-state index is -3.46. The fraction of sp³-hybridized carbons (Fsp3) is 0.355. The third-order valence-corrected chi connectivity index (χ3v) is 9.86. The van der Waals surface area contributed by atoms with Crippen LogP contribution in [0.5, 0.6) is 5.75 Å². The van der Waals surface area contributed by atoms with Crippen molar-refractivity contribution in [2.75, 3.05) is 25.1 Å². The first-order valence-electron chi connectivity index (χ1n) is 14.0. The topological polar surface area (TPSA) is 101 Å². The number of benzene rings is 2. The molecular weight excluding hydrogens is 594 g/mol.